The third-order valence-electron chi connectivity index (χ3n) is 5.36. The van der Waals surface area contributed by atoms with Crippen LogP contribution >= 0.6 is 11.6 Å². The fraction of sp³-hybridized carbons (Fsp3) is 0.417. The lowest BCUT2D eigenvalue weighted by molar-refractivity contribution is 0.0719. The van der Waals surface area contributed by atoms with Gasteiger partial charge >= 0.3 is 6.09 Å². The molecule has 1 atom stereocenters. The Morgan fingerprint density at radius 2 is 1.89 bits per heavy atom. The lowest BCUT2D eigenvalue weighted by atomic mass is 10.1. The molecular weight excluding hydrogens is 496 g/mol. The Kier molecular flexibility index (Phi) is 8.50. The summed E-state index contributed by atoms with van der Waals surface area (Å²) in [6.45, 7) is 2.20. The first kappa shape index (κ1) is 26.6. The number of anilines is 1. The van der Waals surface area contributed by atoms with Gasteiger partial charge in [0.15, 0.2) is 11.5 Å². The zero-order valence-corrected chi connectivity index (χ0v) is 21.4. The molecule has 0 aromatic heterocycles. The van der Waals surface area contributed by atoms with E-state index in [4.69, 9.17) is 26.2 Å². The summed E-state index contributed by atoms with van der Waals surface area (Å²) >= 11 is 6.29. The van der Waals surface area contributed by atoms with E-state index in [2.05, 4.69) is 5.32 Å². The number of amides is 2. The Morgan fingerprint density at radius 3 is 2.43 bits per heavy atom. The molecule has 190 valence electrons. The first-order valence-corrected chi connectivity index (χ1v) is 13.6. The van der Waals surface area contributed by atoms with Crippen LogP contribution in [0.3, 0.4) is 0 Å². The van der Waals surface area contributed by atoms with Crippen LogP contribution in [-0.2, 0) is 16.4 Å². The number of hydrogen-bond acceptors (Lipinski definition) is 6. The third kappa shape index (κ3) is 6.79. The monoisotopic (exact) mass is 524 g/mol. The molecule has 0 spiro atoms. The molecule has 2 aromatic carbocycles. The molecule has 0 bridgehead atoms. The average Bonchev–Trinajstić information content (AvgIpc) is 3.63. The van der Waals surface area contributed by atoms with Crippen LogP contribution in [0, 0.1) is 0 Å². The smallest absolute Gasteiger partial charge is 0.409 e. The lowest BCUT2D eigenvalue weighted by Gasteiger charge is -2.28. The quantitative estimate of drug-likeness (QED) is 0.511. The normalized spacial score (nSPS) is 15.0. The zero-order valence-electron chi connectivity index (χ0n) is 19.8. The van der Waals surface area contributed by atoms with Gasteiger partial charge in [-0.25, -0.2) is 13.2 Å². The van der Waals surface area contributed by atoms with E-state index in [1.54, 1.807) is 25.1 Å². The predicted octanol–water partition coefficient (Wildman–Crippen LogP) is 4.75. The summed E-state index contributed by atoms with van der Waals surface area (Å²) in [6, 6.07) is 7.01. The molecule has 9 nitrogen and oxygen atoms in total. The van der Waals surface area contributed by atoms with Crippen molar-refractivity contribution in [2.24, 2.45) is 0 Å². The number of carbonyl (C=O) groups excluding carboxylic acids is 1. The van der Waals surface area contributed by atoms with Crippen molar-refractivity contribution in [3.8, 4) is 11.5 Å². The van der Waals surface area contributed by atoms with Gasteiger partial charge in [-0.2, -0.15) is 0 Å². The number of nitrogens with zero attached hydrogens (tertiary/aromatic N) is 1. The molecule has 1 fully saturated rings. The number of halogens is 1. The van der Waals surface area contributed by atoms with Crippen molar-refractivity contribution in [3.63, 3.8) is 0 Å². The van der Waals surface area contributed by atoms with E-state index in [-0.39, 0.29) is 28.6 Å². The molecule has 1 aliphatic heterocycles. The van der Waals surface area contributed by atoms with Crippen molar-refractivity contribution in [2.75, 3.05) is 31.0 Å². The maximum absolute atomic E-state index is 13.4. The molecular formula is C24H29ClN2O7S. The molecule has 11 heteroatoms. The second-order valence-electron chi connectivity index (χ2n) is 8.32. The number of sulfone groups is 1. The highest BCUT2D eigenvalue weighted by Crippen LogP contribution is 2.40. The first-order valence-electron chi connectivity index (χ1n) is 11.2. The van der Waals surface area contributed by atoms with Crippen LogP contribution in [0.4, 0.5) is 10.5 Å². The highest BCUT2D eigenvalue weighted by molar-refractivity contribution is 7.90. The molecule has 1 heterocycles. The number of carbonyl (C=O) groups is 2. The summed E-state index contributed by atoms with van der Waals surface area (Å²) in [6.07, 6.45) is 4.26. The van der Waals surface area contributed by atoms with Crippen LogP contribution < -0.4 is 14.8 Å². The van der Waals surface area contributed by atoms with E-state index in [9.17, 15) is 18.0 Å². The molecule has 0 radical (unpaired) electrons. The average molecular weight is 525 g/mol. The van der Waals surface area contributed by atoms with Crippen molar-refractivity contribution in [1.29, 1.82) is 0 Å². The summed E-state index contributed by atoms with van der Waals surface area (Å²) in [5, 5.41) is 11.6. The van der Waals surface area contributed by atoms with Gasteiger partial charge in [0.1, 0.15) is 9.84 Å². The highest BCUT2D eigenvalue weighted by Gasteiger charge is 2.38. The summed E-state index contributed by atoms with van der Waals surface area (Å²) in [5.74, 6) is 0.0278. The van der Waals surface area contributed by atoms with Crippen molar-refractivity contribution < 1.29 is 32.6 Å². The molecule has 2 amide bonds. The Bertz CT molecular complexity index is 1210. The molecule has 2 N–H and O–H groups in total. The number of nitrogens with one attached hydrogen (secondary N) is 1. The maximum atomic E-state index is 13.4. The number of methoxy groups -OCH3 is 1. The number of fused-ring (bicyclic) bond motifs is 1. The third-order valence-corrected chi connectivity index (χ3v) is 6.64. The molecule has 2 aliphatic rings. The van der Waals surface area contributed by atoms with E-state index in [1.807, 2.05) is 0 Å². The summed E-state index contributed by atoms with van der Waals surface area (Å²) < 4.78 is 35.4. The molecule has 1 saturated carbocycles. The molecule has 35 heavy (non-hydrogen) atoms. The van der Waals surface area contributed by atoms with Gasteiger partial charge in [-0.1, -0.05) is 36.9 Å². The number of ether oxygens (including phenoxy) is 2. The second-order valence-corrected chi connectivity index (χ2v) is 10.9. The first-order chi connectivity index (χ1) is 16.6. The van der Waals surface area contributed by atoms with Crippen molar-refractivity contribution >= 4 is 39.1 Å². The number of hydrogen-bond donors (Lipinski definition) is 2. The Hall–Kier alpha value is -2.98. The zero-order chi connectivity index (χ0) is 25.8. The van der Waals surface area contributed by atoms with Gasteiger partial charge in [-0.15, -0.1) is 0 Å². The summed E-state index contributed by atoms with van der Waals surface area (Å²) in [7, 11) is -2.02. The van der Waals surface area contributed by atoms with Crippen LogP contribution in [0.15, 0.2) is 30.3 Å². The number of rotatable bonds is 8. The number of benzene rings is 2. The Morgan fingerprint density at radius 1 is 1.20 bits per heavy atom. The Balaban J connectivity index is 0.00000106. The minimum absolute atomic E-state index is 0.0261. The van der Waals surface area contributed by atoms with Crippen molar-refractivity contribution in [3.05, 3.63) is 52.0 Å². The van der Waals surface area contributed by atoms with E-state index >= 15 is 0 Å². The minimum Gasteiger partial charge on any atom is -0.493 e. The SMILES string of the molecule is C1CC1.CCOc1cc([C@@H](CS(C)(=O)=O)N2Cc3c(Cl)ccc(NC(=O)O)c3C2=O)ccc1OC. The lowest BCUT2D eigenvalue weighted by Crippen LogP contribution is -2.34. The van der Waals surface area contributed by atoms with Gasteiger partial charge in [0, 0.05) is 23.4 Å². The summed E-state index contributed by atoms with van der Waals surface area (Å²) in [5.41, 5.74) is 1.16. The highest BCUT2D eigenvalue weighted by atomic mass is 35.5. The van der Waals surface area contributed by atoms with Crippen LogP contribution in [0.1, 0.15) is 53.7 Å². The van der Waals surface area contributed by atoms with Crippen LogP contribution in [0.5, 0.6) is 11.5 Å². The topological polar surface area (TPSA) is 122 Å². The standard InChI is InChI=1S/C21H23ClN2O7S.C3H6/c1-4-31-18-9-12(5-8-17(18)30-2)16(11-32(3,28)29)24-10-13-14(22)6-7-15(23-21(26)27)19(13)20(24)25;1-2-3-1/h5-9,16,23H,4,10-11H2,1-3H3,(H,26,27);1-3H2/t16-;/m1./s1. The van der Waals surface area contributed by atoms with Crippen molar-refractivity contribution in [2.45, 2.75) is 38.8 Å². The van der Waals surface area contributed by atoms with E-state index in [0.29, 0.717) is 29.2 Å². The van der Waals surface area contributed by atoms with Crippen LogP contribution in [0.2, 0.25) is 5.02 Å². The molecule has 1 aliphatic carbocycles. The van der Waals surface area contributed by atoms with Gasteiger partial charge in [-0.3, -0.25) is 10.1 Å². The maximum Gasteiger partial charge on any atom is 0.409 e. The van der Waals surface area contributed by atoms with Crippen LogP contribution in [-0.4, -0.2) is 56.1 Å². The van der Waals surface area contributed by atoms with Gasteiger partial charge in [0.05, 0.1) is 36.8 Å². The molecule has 0 saturated heterocycles. The predicted molar refractivity (Wildman–Crippen MR) is 133 cm³/mol. The Labute approximate surface area is 209 Å². The van der Waals surface area contributed by atoms with E-state index in [0.717, 1.165) is 6.26 Å². The van der Waals surface area contributed by atoms with Gasteiger partial charge < -0.3 is 19.5 Å². The largest absolute Gasteiger partial charge is 0.493 e. The fourth-order valence-corrected chi connectivity index (χ4v) is 4.86. The van der Waals surface area contributed by atoms with Crippen molar-refractivity contribution in [1.82, 2.24) is 4.90 Å². The molecule has 2 aromatic rings. The number of carboxylic acid groups (broad SMARTS) is 1. The van der Waals surface area contributed by atoms with Gasteiger partial charge in [-0.05, 0) is 36.8 Å². The van der Waals surface area contributed by atoms with Gasteiger partial charge in [0.25, 0.3) is 5.91 Å². The fourth-order valence-electron chi connectivity index (χ4n) is 3.70. The van der Waals surface area contributed by atoms with E-state index in [1.165, 1.54) is 43.4 Å². The second kappa shape index (κ2) is 11.2. The molecule has 0 unspecified atom stereocenters. The minimum atomic E-state index is -3.51. The summed E-state index contributed by atoms with van der Waals surface area (Å²) in [4.78, 5) is 25.9. The van der Waals surface area contributed by atoms with Gasteiger partial charge in [0.2, 0.25) is 0 Å². The van der Waals surface area contributed by atoms with Crippen LogP contribution in [0.25, 0.3) is 0 Å². The van der Waals surface area contributed by atoms with E-state index < -0.39 is 27.9 Å². The molecule has 4 rings (SSSR count).